The molecule has 0 atom stereocenters. The molecular formula is C31H41F3O2. The molecule has 36 heavy (non-hydrogen) atoms. The van der Waals surface area contributed by atoms with E-state index in [9.17, 15) is 18.0 Å². The highest BCUT2D eigenvalue weighted by atomic mass is 19.2. The fourth-order valence-electron chi connectivity index (χ4n) is 5.33. The van der Waals surface area contributed by atoms with Gasteiger partial charge in [0, 0.05) is 6.07 Å². The van der Waals surface area contributed by atoms with Gasteiger partial charge < -0.3 is 4.74 Å². The lowest BCUT2D eigenvalue weighted by atomic mass is 9.77. The summed E-state index contributed by atoms with van der Waals surface area (Å²) in [4.78, 5) is 12.3. The number of rotatable bonds is 14. The van der Waals surface area contributed by atoms with Crippen LogP contribution in [0.25, 0.3) is 0 Å². The van der Waals surface area contributed by atoms with E-state index in [-0.39, 0.29) is 11.3 Å². The third-order valence-corrected chi connectivity index (χ3v) is 7.63. The van der Waals surface area contributed by atoms with E-state index in [1.165, 1.54) is 95.6 Å². The van der Waals surface area contributed by atoms with Crippen LogP contribution in [-0.4, -0.2) is 5.97 Å². The van der Waals surface area contributed by atoms with Crippen molar-refractivity contribution in [3.63, 3.8) is 0 Å². The van der Waals surface area contributed by atoms with E-state index >= 15 is 0 Å². The van der Waals surface area contributed by atoms with Crippen LogP contribution in [0.2, 0.25) is 0 Å². The summed E-state index contributed by atoms with van der Waals surface area (Å²) >= 11 is 0. The van der Waals surface area contributed by atoms with Gasteiger partial charge in [-0.2, -0.15) is 0 Å². The van der Waals surface area contributed by atoms with E-state index in [0.29, 0.717) is 5.92 Å². The van der Waals surface area contributed by atoms with Gasteiger partial charge in [0.25, 0.3) is 0 Å². The zero-order chi connectivity index (χ0) is 25.8. The summed E-state index contributed by atoms with van der Waals surface area (Å²) < 4.78 is 45.9. The molecule has 0 aromatic heterocycles. The number of esters is 1. The van der Waals surface area contributed by atoms with Crippen LogP contribution < -0.4 is 4.74 Å². The first kappa shape index (κ1) is 28.3. The van der Waals surface area contributed by atoms with Crippen LogP contribution >= 0.6 is 0 Å². The van der Waals surface area contributed by atoms with Gasteiger partial charge in [-0.1, -0.05) is 96.5 Å². The van der Waals surface area contributed by atoms with Gasteiger partial charge in [-0.05, 0) is 54.5 Å². The van der Waals surface area contributed by atoms with Crippen LogP contribution in [0.1, 0.15) is 113 Å². The minimum absolute atomic E-state index is 0.166. The Morgan fingerprint density at radius 2 is 1.39 bits per heavy atom. The predicted molar refractivity (Wildman–Crippen MR) is 139 cm³/mol. The highest BCUT2D eigenvalue weighted by Gasteiger charge is 2.21. The molecule has 0 unspecified atom stereocenters. The van der Waals surface area contributed by atoms with Gasteiger partial charge in [-0.15, -0.1) is 0 Å². The van der Waals surface area contributed by atoms with Crippen LogP contribution in [0, 0.1) is 29.3 Å². The minimum Gasteiger partial charge on any atom is -0.423 e. The number of carbonyl (C=O) groups excluding carboxylic acids is 1. The molecule has 0 radical (unpaired) electrons. The van der Waals surface area contributed by atoms with Crippen molar-refractivity contribution in [1.82, 2.24) is 0 Å². The van der Waals surface area contributed by atoms with E-state index in [0.717, 1.165) is 42.5 Å². The van der Waals surface area contributed by atoms with E-state index in [1.807, 2.05) is 0 Å². The Morgan fingerprint density at radius 3 is 2.03 bits per heavy atom. The maximum Gasteiger partial charge on any atom is 0.346 e. The Bertz CT molecular complexity index is 951. The third-order valence-electron chi connectivity index (χ3n) is 7.63. The Kier molecular flexibility index (Phi) is 11.8. The van der Waals surface area contributed by atoms with Crippen molar-refractivity contribution >= 4 is 5.97 Å². The SMILES string of the molecule is CCCCCCCCCCC1CCC(CCc2ccc(C(=O)Oc3ccc(F)c(F)c3)c(F)c2)CC1. The van der Waals surface area contributed by atoms with Gasteiger partial charge in [0.1, 0.15) is 11.6 Å². The number of halogens is 3. The molecule has 2 nitrogen and oxygen atoms in total. The highest BCUT2D eigenvalue weighted by Crippen LogP contribution is 2.34. The van der Waals surface area contributed by atoms with Crippen molar-refractivity contribution in [2.45, 2.75) is 103 Å². The van der Waals surface area contributed by atoms with E-state index < -0.39 is 23.4 Å². The average molecular weight is 503 g/mol. The highest BCUT2D eigenvalue weighted by molar-refractivity contribution is 5.91. The summed E-state index contributed by atoms with van der Waals surface area (Å²) in [6.07, 6.45) is 19.3. The predicted octanol–water partition coefficient (Wildman–Crippen LogP) is 9.59. The fraction of sp³-hybridized carbons (Fsp3) is 0.581. The molecule has 5 heteroatoms. The number of hydrogen-bond donors (Lipinski definition) is 0. The van der Waals surface area contributed by atoms with Crippen molar-refractivity contribution in [1.29, 1.82) is 0 Å². The summed E-state index contributed by atoms with van der Waals surface area (Å²) in [5.41, 5.74) is 0.642. The molecule has 198 valence electrons. The van der Waals surface area contributed by atoms with Crippen molar-refractivity contribution in [3.8, 4) is 5.75 Å². The first-order valence-electron chi connectivity index (χ1n) is 13.9. The van der Waals surface area contributed by atoms with E-state index in [2.05, 4.69) is 6.92 Å². The van der Waals surface area contributed by atoms with Crippen LogP contribution in [0.3, 0.4) is 0 Å². The molecule has 1 fully saturated rings. The number of benzene rings is 2. The lowest BCUT2D eigenvalue weighted by Crippen LogP contribution is -2.15. The quantitative estimate of drug-likeness (QED) is 0.146. The summed E-state index contributed by atoms with van der Waals surface area (Å²) in [6.45, 7) is 2.26. The summed E-state index contributed by atoms with van der Waals surface area (Å²) in [5, 5.41) is 0. The van der Waals surface area contributed by atoms with Gasteiger partial charge in [-0.3, -0.25) is 0 Å². The normalized spacial score (nSPS) is 17.8. The topological polar surface area (TPSA) is 26.3 Å². The lowest BCUT2D eigenvalue weighted by molar-refractivity contribution is 0.0729. The zero-order valence-corrected chi connectivity index (χ0v) is 21.7. The summed E-state index contributed by atoms with van der Waals surface area (Å²) in [5.74, 6) is -2.37. The first-order chi connectivity index (χ1) is 17.5. The second-order valence-corrected chi connectivity index (χ2v) is 10.5. The Labute approximate surface area is 214 Å². The second kappa shape index (κ2) is 15.1. The summed E-state index contributed by atoms with van der Waals surface area (Å²) in [6, 6.07) is 7.31. The van der Waals surface area contributed by atoms with Gasteiger partial charge >= 0.3 is 5.97 Å². The monoisotopic (exact) mass is 502 g/mol. The van der Waals surface area contributed by atoms with Gasteiger partial charge in [0.05, 0.1) is 5.56 Å². The molecule has 1 saturated carbocycles. The van der Waals surface area contributed by atoms with Crippen molar-refractivity contribution < 1.29 is 22.7 Å². The van der Waals surface area contributed by atoms with Gasteiger partial charge in [0.15, 0.2) is 11.6 Å². The van der Waals surface area contributed by atoms with Crippen LogP contribution in [0.5, 0.6) is 5.75 Å². The Hall–Kier alpha value is -2.30. The van der Waals surface area contributed by atoms with Gasteiger partial charge in [-0.25, -0.2) is 18.0 Å². The molecule has 0 spiro atoms. The molecule has 0 amide bonds. The largest absolute Gasteiger partial charge is 0.423 e. The molecule has 0 bridgehead atoms. The maximum atomic E-state index is 14.6. The number of carbonyl (C=O) groups is 1. The molecule has 0 aliphatic heterocycles. The number of aryl methyl sites for hydroxylation is 1. The van der Waals surface area contributed by atoms with Gasteiger partial charge in [0.2, 0.25) is 0 Å². The molecule has 0 saturated heterocycles. The number of ether oxygens (including phenoxy) is 1. The van der Waals surface area contributed by atoms with Crippen molar-refractivity contribution in [3.05, 3.63) is 65.0 Å². The first-order valence-corrected chi connectivity index (χ1v) is 13.9. The van der Waals surface area contributed by atoms with E-state index in [1.54, 1.807) is 6.07 Å². The maximum absolute atomic E-state index is 14.6. The van der Waals surface area contributed by atoms with Crippen LogP contribution in [-0.2, 0) is 6.42 Å². The molecule has 3 rings (SSSR count). The summed E-state index contributed by atoms with van der Waals surface area (Å²) in [7, 11) is 0. The molecule has 1 aliphatic rings. The molecule has 1 aliphatic carbocycles. The third kappa shape index (κ3) is 9.29. The van der Waals surface area contributed by atoms with Crippen LogP contribution in [0.15, 0.2) is 36.4 Å². The Morgan fingerprint density at radius 1 is 0.750 bits per heavy atom. The lowest BCUT2D eigenvalue weighted by Gasteiger charge is -2.28. The smallest absolute Gasteiger partial charge is 0.346 e. The number of unbranched alkanes of at least 4 members (excludes halogenated alkanes) is 7. The van der Waals surface area contributed by atoms with Crippen molar-refractivity contribution in [2.24, 2.45) is 11.8 Å². The van der Waals surface area contributed by atoms with Crippen molar-refractivity contribution in [2.75, 3.05) is 0 Å². The van der Waals surface area contributed by atoms with E-state index in [4.69, 9.17) is 4.74 Å². The standard InChI is InChI=1S/C31H41F3O2/c1-2-3-4-5-6-7-8-9-10-23-11-13-24(14-12-23)15-16-25-17-19-27(29(33)21-25)31(35)36-26-18-20-28(32)30(34)22-26/h17-24H,2-16H2,1H3. The average Bonchev–Trinajstić information content (AvgIpc) is 2.87. The molecule has 2 aromatic rings. The minimum atomic E-state index is -1.13. The Balaban J connectivity index is 1.34. The molecular weight excluding hydrogens is 461 g/mol. The zero-order valence-electron chi connectivity index (χ0n) is 21.7. The fourth-order valence-corrected chi connectivity index (χ4v) is 5.33. The molecule has 0 heterocycles. The van der Waals surface area contributed by atoms with Crippen LogP contribution in [0.4, 0.5) is 13.2 Å². The second-order valence-electron chi connectivity index (χ2n) is 10.5. The molecule has 0 N–H and O–H groups in total. The molecule has 2 aromatic carbocycles. The number of hydrogen-bond acceptors (Lipinski definition) is 2.